The van der Waals surface area contributed by atoms with Crippen LogP contribution in [0.1, 0.15) is 38.1 Å². The molecule has 20 heteroatoms. The van der Waals surface area contributed by atoms with Crippen molar-refractivity contribution in [3.63, 3.8) is 0 Å². The molecule has 0 radical (unpaired) electrons. The number of nitrogens with one attached hydrogen (secondary N) is 4. The number of phenolic OH excluding ortho intramolecular Hbond substituents is 2. The largest absolute Gasteiger partial charge is 0.507 e. The SMILES string of the molecule is Nc1nc(F)nc2c1ncn2[C@@H]1O[C@H](CO)[C@@H](O)[C@@H]1O.O=C1c2c(O)ccc(O)c2C(=O)c2c(NCCNCCO)ccc(NCCNCCO)c21. The topological polar surface area (TPSA) is 303 Å². The van der Waals surface area contributed by atoms with E-state index in [1.807, 2.05) is 0 Å². The molecule has 0 unspecified atom stereocenters. The highest BCUT2D eigenvalue weighted by Crippen LogP contribution is 2.42. The van der Waals surface area contributed by atoms with Crippen molar-refractivity contribution < 1.29 is 54.5 Å². The second kappa shape index (κ2) is 17.0. The Morgan fingerprint density at radius 1 is 0.769 bits per heavy atom. The van der Waals surface area contributed by atoms with Crippen molar-refractivity contribution in [2.75, 3.05) is 75.5 Å². The number of aromatic nitrogens is 4. The van der Waals surface area contributed by atoms with Crippen molar-refractivity contribution in [2.24, 2.45) is 0 Å². The molecule has 0 bridgehead atoms. The molecule has 1 fully saturated rings. The third-order valence-corrected chi connectivity index (χ3v) is 8.30. The van der Waals surface area contributed by atoms with Crippen LogP contribution in [0.25, 0.3) is 11.2 Å². The summed E-state index contributed by atoms with van der Waals surface area (Å²) in [7, 11) is 0. The average Bonchev–Trinajstić information content (AvgIpc) is 3.67. The molecule has 6 rings (SSSR count). The highest BCUT2D eigenvalue weighted by Gasteiger charge is 2.44. The Morgan fingerprint density at radius 2 is 1.31 bits per heavy atom. The lowest BCUT2D eigenvalue weighted by atomic mass is 9.81. The highest BCUT2D eigenvalue weighted by molar-refractivity contribution is 6.33. The van der Waals surface area contributed by atoms with Crippen LogP contribution in [0.15, 0.2) is 30.6 Å². The third-order valence-electron chi connectivity index (χ3n) is 8.30. The standard InChI is InChI=1S/C22H28N4O6.C10H12FN5O4/c27-11-9-23-5-7-25-13-1-2-14(26-8-6-24-10-12-28)18-17(13)21(31)19-15(29)3-4-16(30)20(19)22(18)32;11-10-14-7(12)4-8(15-10)16(2-13-4)9-6(19)5(18)3(1-17)20-9/h1-4,23-30H,5-12H2;2-3,5-6,9,17-19H,1H2,(H2,12,14,15)/t;3-,5-,6+,9-/m.1/s1. The Hall–Kier alpha value is -5.06. The normalized spacial score (nSPS) is 19.3. The number of phenols is 2. The zero-order valence-electron chi connectivity index (χ0n) is 27.7. The zero-order valence-corrected chi connectivity index (χ0v) is 27.7. The van der Waals surface area contributed by atoms with Gasteiger partial charge < -0.3 is 67.5 Å². The number of fused-ring (bicyclic) bond motifs is 3. The summed E-state index contributed by atoms with van der Waals surface area (Å²) in [6.07, 6.45) is -4.38. The molecule has 1 aliphatic carbocycles. The molecule has 13 N–H and O–H groups in total. The molecule has 1 aliphatic heterocycles. The van der Waals surface area contributed by atoms with Crippen molar-refractivity contribution in [2.45, 2.75) is 24.5 Å². The van der Waals surface area contributed by atoms with E-state index in [0.29, 0.717) is 50.6 Å². The van der Waals surface area contributed by atoms with Gasteiger partial charge in [0.15, 0.2) is 23.2 Å². The molecular weight excluding hydrogens is 689 g/mol. The molecule has 52 heavy (non-hydrogen) atoms. The van der Waals surface area contributed by atoms with E-state index in [4.69, 9.17) is 25.8 Å². The lowest BCUT2D eigenvalue weighted by Crippen LogP contribution is -2.33. The molecule has 0 spiro atoms. The van der Waals surface area contributed by atoms with Crippen molar-refractivity contribution in [1.29, 1.82) is 0 Å². The molecule has 19 nitrogen and oxygen atoms in total. The first-order valence-corrected chi connectivity index (χ1v) is 16.2. The molecule has 280 valence electrons. The van der Waals surface area contributed by atoms with E-state index in [9.17, 15) is 34.4 Å². The van der Waals surface area contributed by atoms with Crippen molar-refractivity contribution >= 4 is 39.9 Å². The number of anilines is 3. The van der Waals surface area contributed by atoms with Gasteiger partial charge in [0.25, 0.3) is 0 Å². The van der Waals surface area contributed by atoms with Crippen LogP contribution in [0, 0.1) is 6.08 Å². The van der Waals surface area contributed by atoms with Gasteiger partial charge in [-0.1, -0.05) is 0 Å². The molecular formula is C32H40FN9O10. The van der Waals surface area contributed by atoms with E-state index in [-0.39, 0.29) is 63.9 Å². The lowest BCUT2D eigenvalue weighted by molar-refractivity contribution is -0.0511. The number of nitrogens with two attached hydrogens (primary N) is 1. The minimum Gasteiger partial charge on any atom is -0.507 e. The number of aliphatic hydroxyl groups excluding tert-OH is 5. The van der Waals surface area contributed by atoms with E-state index in [0.717, 1.165) is 0 Å². The summed E-state index contributed by atoms with van der Waals surface area (Å²) in [4.78, 5) is 37.6. The summed E-state index contributed by atoms with van der Waals surface area (Å²) in [5, 5.41) is 79.2. The smallest absolute Gasteiger partial charge is 0.312 e. The first-order valence-electron chi connectivity index (χ1n) is 16.2. The number of benzene rings is 2. The lowest BCUT2D eigenvalue weighted by Gasteiger charge is -2.25. The number of ether oxygens (including phenoxy) is 1. The van der Waals surface area contributed by atoms with Gasteiger partial charge in [-0.15, -0.1) is 0 Å². The number of hydrogen-bond acceptors (Lipinski definition) is 18. The second-order valence-electron chi connectivity index (χ2n) is 11.7. The van der Waals surface area contributed by atoms with Crippen LogP contribution >= 0.6 is 0 Å². The minimum absolute atomic E-state index is 0.00939. The Labute approximate surface area is 294 Å². The molecule has 0 amide bonds. The summed E-state index contributed by atoms with van der Waals surface area (Å²) in [6.45, 7) is 2.34. The van der Waals surface area contributed by atoms with Gasteiger partial charge in [0.1, 0.15) is 29.8 Å². The number of halogens is 1. The van der Waals surface area contributed by atoms with Crippen LogP contribution in [-0.2, 0) is 4.74 Å². The predicted octanol–water partition coefficient (Wildman–Crippen LogP) is -1.98. The molecule has 3 heterocycles. The maximum atomic E-state index is 13.4. The van der Waals surface area contributed by atoms with Gasteiger partial charge in [0.2, 0.25) is 11.6 Å². The van der Waals surface area contributed by atoms with Gasteiger partial charge in [-0.05, 0) is 24.3 Å². The minimum atomic E-state index is -1.32. The first-order chi connectivity index (χ1) is 25.0. The van der Waals surface area contributed by atoms with Crippen LogP contribution in [-0.4, -0.2) is 144 Å². The number of carbonyl (C=O) groups is 2. The van der Waals surface area contributed by atoms with Crippen LogP contribution < -0.4 is 27.0 Å². The van der Waals surface area contributed by atoms with Gasteiger partial charge in [-0.25, -0.2) is 4.98 Å². The van der Waals surface area contributed by atoms with Gasteiger partial charge in [0, 0.05) is 50.6 Å². The Balaban J connectivity index is 0.000000223. The third kappa shape index (κ3) is 7.73. The van der Waals surface area contributed by atoms with Crippen LogP contribution in [0.4, 0.5) is 21.6 Å². The summed E-state index contributed by atoms with van der Waals surface area (Å²) in [5.41, 5.74) is 6.39. The summed E-state index contributed by atoms with van der Waals surface area (Å²) in [5.74, 6) is -2.00. The Bertz CT molecular complexity index is 1830. The van der Waals surface area contributed by atoms with Crippen LogP contribution in [0.3, 0.4) is 0 Å². The Kier molecular flexibility index (Phi) is 12.5. The summed E-state index contributed by atoms with van der Waals surface area (Å²) in [6, 6.07) is 5.74. The van der Waals surface area contributed by atoms with Gasteiger partial charge in [-0.2, -0.15) is 14.4 Å². The van der Waals surface area contributed by atoms with Crippen molar-refractivity contribution in [3.05, 3.63) is 58.9 Å². The number of aliphatic hydroxyl groups is 5. The molecule has 2 aromatic carbocycles. The number of hydrogen-bond donors (Lipinski definition) is 12. The summed E-state index contributed by atoms with van der Waals surface area (Å²) < 4.78 is 19.8. The number of nitrogens with zero attached hydrogens (tertiary/aromatic N) is 4. The number of ketones is 2. The predicted molar refractivity (Wildman–Crippen MR) is 183 cm³/mol. The zero-order chi connectivity index (χ0) is 37.5. The maximum absolute atomic E-state index is 13.4. The molecule has 0 saturated carbocycles. The van der Waals surface area contributed by atoms with E-state index in [1.54, 1.807) is 12.1 Å². The monoisotopic (exact) mass is 729 g/mol. The fourth-order valence-electron chi connectivity index (χ4n) is 5.85. The van der Waals surface area contributed by atoms with E-state index in [2.05, 4.69) is 36.2 Å². The number of nitrogen functional groups attached to an aromatic ring is 1. The fraction of sp³-hybridized carbons (Fsp3) is 0.406. The number of imidazole rings is 1. The maximum Gasteiger partial charge on any atom is 0.312 e. The quantitative estimate of drug-likeness (QED) is 0.0335. The molecule has 2 aromatic heterocycles. The van der Waals surface area contributed by atoms with Crippen molar-refractivity contribution in [3.8, 4) is 11.5 Å². The average molecular weight is 730 g/mol. The Morgan fingerprint density at radius 3 is 1.79 bits per heavy atom. The van der Waals surface area contributed by atoms with E-state index in [1.165, 1.54) is 23.0 Å². The van der Waals surface area contributed by atoms with Crippen molar-refractivity contribution in [1.82, 2.24) is 30.2 Å². The summed E-state index contributed by atoms with van der Waals surface area (Å²) >= 11 is 0. The number of carbonyl (C=O) groups excluding carboxylic acids is 2. The number of rotatable bonds is 14. The molecule has 4 atom stereocenters. The molecule has 1 saturated heterocycles. The van der Waals surface area contributed by atoms with Gasteiger partial charge >= 0.3 is 6.08 Å². The number of aromatic hydroxyl groups is 2. The molecule has 2 aliphatic rings. The van der Waals surface area contributed by atoms with E-state index >= 15 is 0 Å². The molecule has 4 aromatic rings. The second-order valence-corrected chi connectivity index (χ2v) is 11.7. The van der Waals surface area contributed by atoms with E-state index < -0.39 is 48.8 Å². The first kappa shape index (κ1) is 38.2. The van der Waals surface area contributed by atoms with Crippen LogP contribution in [0.5, 0.6) is 11.5 Å². The highest BCUT2D eigenvalue weighted by atomic mass is 19.1. The fourth-order valence-corrected chi connectivity index (χ4v) is 5.85. The van der Waals surface area contributed by atoms with Gasteiger partial charge in [-0.3, -0.25) is 14.2 Å². The van der Waals surface area contributed by atoms with Crippen LogP contribution in [0.2, 0.25) is 0 Å². The van der Waals surface area contributed by atoms with Gasteiger partial charge in [0.05, 0.1) is 48.4 Å².